The normalized spacial score (nSPS) is 20.1. The molecule has 40 heavy (non-hydrogen) atoms. The molecule has 7 nitrogen and oxygen atoms in total. The average molecular weight is 575 g/mol. The lowest BCUT2D eigenvalue weighted by atomic mass is 9.87. The number of carbonyl (C=O) groups is 1. The van der Waals surface area contributed by atoms with Crippen LogP contribution in [0.4, 0.5) is 5.69 Å². The van der Waals surface area contributed by atoms with Crippen LogP contribution >= 0.6 is 11.6 Å². The maximum Gasteiger partial charge on any atom is 0.241 e. The minimum atomic E-state index is -3.70. The molecule has 0 spiro atoms. The first-order valence-corrected chi connectivity index (χ1v) is 15.4. The third-order valence-corrected chi connectivity index (χ3v) is 9.74. The molecule has 3 atom stereocenters. The van der Waals surface area contributed by atoms with E-state index < -0.39 is 10.0 Å². The molecule has 0 unspecified atom stereocenters. The summed E-state index contributed by atoms with van der Waals surface area (Å²) < 4.78 is 31.2. The van der Waals surface area contributed by atoms with E-state index in [1.807, 2.05) is 60.3 Å². The molecule has 2 aliphatic rings. The Kier molecular flexibility index (Phi) is 7.25. The summed E-state index contributed by atoms with van der Waals surface area (Å²) in [6, 6.07) is 21.8. The summed E-state index contributed by atoms with van der Waals surface area (Å²) in [6.45, 7) is 0.325. The van der Waals surface area contributed by atoms with Crippen molar-refractivity contribution in [1.29, 1.82) is 0 Å². The highest BCUT2D eigenvalue weighted by atomic mass is 35.5. The van der Waals surface area contributed by atoms with Crippen LogP contribution in [-0.2, 0) is 34.8 Å². The molecule has 1 heterocycles. The lowest BCUT2D eigenvalue weighted by molar-refractivity contribution is -0.120. The van der Waals surface area contributed by atoms with Crippen LogP contribution in [-0.4, -0.2) is 23.9 Å². The van der Waals surface area contributed by atoms with E-state index in [1.165, 1.54) is 0 Å². The summed E-state index contributed by atoms with van der Waals surface area (Å²) in [5.41, 5.74) is 3.89. The first-order chi connectivity index (χ1) is 19.3. The third-order valence-electron chi connectivity index (χ3n) is 8.00. The van der Waals surface area contributed by atoms with Crippen molar-refractivity contribution >= 4 is 33.2 Å². The van der Waals surface area contributed by atoms with Crippen LogP contribution in [0, 0.1) is 5.92 Å². The number of carbonyl (C=O) groups excluding carboxylic acids is 1. The van der Waals surface area contributed by atoms with Gasteiger partial charge in [-0.3, -0.25) is 4.79 Å². The maximum absolute atomic E-state index is 14.0. The van der Waals surface area contributed by atoms with E-state index in [0.717, 1.165) is 47.5 Å². The van der Waals surface area contributed by atoms with Gasteiger partial charge in [0.15, 0.2) is 0 Å². The summed E-state index contributed by atoms with van der Waals surface area (Å²) in [5.74, 6) is 0.831. The van der Waals surface area contributed by atoms with Gasteiger partial charge in [0.05, 0.1) is 11.4 Å². The Balaban J connectivity index is 1.31. The fraction of sp³-hybridized carbons (Fsp3) is 0.290. The van der Waals surface area contributed by atoms with Crippen molar-refractivity contribution in [2.75, 3.05) is 4.90 Å². The predicted octanol–water partition coefficient (Wildman–Crippen LogP) is 5.77. The van der Waals surface area contributed by atoms with Crippen LogP contribution in [0.25, 0.3) is 0 Å². The lowest BCUT2D eigenvalue weighted by Crippen LogP contribution is -2.34. The minimum Gasteiger partial charge on any atom is -0.337 e. The molecule has 0 aliphatic heterocycles. The van der Waals surface area contributed by atoms with Crippen molar-refractivity contribution in [3.63, 3.8) is 0 Å². The molecule has 0 saturated heterocycles. The number of nitrogens with zero attached hydrogens (tertiary/aromatic N) is 3. The monoisotopic (exact) mass is 574 g/mol. The molecule has 1 N–H and O–H groups in total. The van der Waals surface area contributed by atoms with E-state index in [0.29, 0.717) is 18.0 Å². The summed E-state index contributed by atoms with van der Waals surface area (Å²) >= 11 is 6.08. The fourth-order valence-electron chi connectivity index (χ4n) is 5.66. The number of aryl methyl sites for hydroxylation is 2. The number of nitrogens with one attached hydrogen (secondary N) is 1. The molecule has 1 fully saturated rings. The van der Waals surface area contributed by atoms with Gasteiger partial charge >= 0.3 is 0 Å². The number of hydrogen-bond donors (Lipinski definition) is 1. The van der Waals surface area contributed by atoms with Gasteiger partial charge in [0.25, 0.3) is 0 Å². The van der Waals surface area contributed by atoms with Crippen LogP contribution in [0.1, 0.15) is 53.7 Å². The fourth-order valence-corrected chi connectivity index (χ4v) is 7.06. The molecule has 1 saturated carbocycles. The van der Waals surface area contributed by atoms with Crippen molar-refractivity contribution in [2.24, 2.45) is 13.0 Å². The van der Waals surface area contributed by atoms with E-state index in [9.17, 15) is 13.2 Å². The Hall–Kier alpha value is -3.46. The molecule has 6 rings (SSSR count). The number of hydrogen-bond acceptors (Lipinski definition) is 4. The van der Waals surface area contributed by atoms with E-state index in [-0.39, 0.29) is 28.7 Å². The predicted molar refractivity (Wildman–Crippen MR) is 156 cm³/mol. The van der Waals surface area contributed by atoms with Gasteiger partial charge in [0.2, 0.25) is 15.9 Å². The molecule has 2 aliphatic carbocycles. The summed E-state index contributed by atoms with van der Waals surface area (Å²) in [5, 5.41) is 0.676. The van der Waals surface area contributed by atoms with Gasteiger partial charge in [-0.2, -0.15) is 0 Å². The zero-order chi connectivity index (χ0) is 27.9. The van der Waals surface area contributed by atoms with Crippen molar-refractivity contribution in [2.45, 2.75) is 49.1 Å². The van der Waals surface area contributed by atoms with Crippen LogP contribution < -0.4 is 9.62 Å². The quantitative estimate of drug-likeness (QED) is 0.290. The second kappa shape index (κ2) is 10.8. The number of halogens is 1. The SMILES string of the molecule is Cn1ccnc1CN(C(=O)[C@H]1C[C@@H]1c1ccc(Cl)cc1)c1ccc2c(c1)[C@@H](NS(=O)(=O)c1ccccc1)CCC2. The number of benzene rings is 3. The molecular formula is C31H31ClN4O3S. The number of anilines is 1. The highest BCUT2D eigenvalue weighted by Gasteiger charge is 2.46. The average Bonchev–Trinajstić information content (AvgIpc) is 3.66. The molecule has 1 aromatic heterocycles. The van der Waals surface area contributed by atoms with E-state index in [4.69, 9.17) is 11.6 Å². The Morgan fingerprint density at radius 2 is 1.88 bits per heavy atom. The second-order valence-corrected chi connectivity index (χ2v) is 12.8. The molecule has 9 heteroatoms. The second-order valence-electron chi connectivity index (χ2n) is 10.6. The van der Waals surface area contributed by atoms with E-state index in [2.05, 4.69) is 9.71 Å². The summed E-state index contributed by atoms with van der Waals surface area (Å²) in [7, 11) is -1.78. The number of sulfonamides is 1. The van der Waals surface area contributed by atoms with Gasteiger partial charge < -0.3 is 9.47 Å². The zero-order valence-electron chi connectivity index (χ0n) is 22.2. The van der Waals surface area contributed by atoms with Gasteiger partial charge in [-0.25, -0.2) is 18.1 Å². The van der Waals surface area contributed by atoms with Crippen LogP contribution in [0.5, 0.6) is 0 Å². The topological polar surface area (TPSA) is 84.3 Å². The van der Waals surface area contributed by atoms with Gasteiger partial charge in [-0.1, -0.05) is 48.0 Å². The number of rotatable bonds is 8. The first kappa shape index (κ1) is 26.7. The summed E-state index contributed by atoms with van der Waals surface area (Å²) in [4.78, 5) is 20.5. The Morgan fingerprint density at radius 3 is 2.60 bits per heavy atom. The van der Waals surface area contributed by atoms with Crippen LogP contribution in [0.15, 0.2) is 90.1 Å². The molecule has 0 radical (unpaired) electrons. The lowest BCUT2D eigenvalue weighted by Gasteiger charge is -2.29. The smallest absolute Gasteiger partial charge is 0.241 e. The van der Waals surface area contributed by atoms with E-state index in [1.54, 1.807) is 41.4 Å². The van der Waals surface area contributed by atoms with Gasteiger partial charge in [0, 0.05) is 42.1 Å². The van der Waals surface area contributed by atoms with Crippen molar-refractivity contribution in [1.82, 2.24) is 14.3 Å². The number of amides is 1. The van der Waals surface area contributed by atoms with E-state index >= 15 is 0 Å². The largest absolute Gasteiger partial charge is 0.337 e. The van der Waals surface area contributed by atoms with Crippen molar-refractivity contribution in [3.8, 4) is 0 Å². The maximum atomic E-state index is 14.0. The van der Waals surface area contributed by atoms with Gasteiger partial charge in [-0.15, -0.1) is 0 Å². The van der Waals surface area contributed by atoms with Crippen LogP contribution in [0.3, 0.4) is 0 Å². The standard InChI is InChI=1S/C31H31ClN4O3S/c1-35-17-16-33-30(35)20-36(31(37)28-19-26(28)22-10-13-23(32)14-11-22)24-15-12-21-6-5-9-29(27(21)18-24)34-40(38,39)25-7-3-2-4-8-25/h2-4,7-8,10-18,26,28-29,34H,5-6,9,19-20H2,1H3/t26-,28+,29+/m1/s1. The number of aromatic nitrogens is 2. The van der Waals surface area contributed by atoms with Crippen LogP contribution in [0.2, 0.25) is 5.02 Å². The molecule has 0 bridgehead atoms. The van der Waals surface area contributed by atoms with Gasteiger partial charge in [0.1, 0.15) is 5.82 Å². The molecular weight excluding hydrogens is 544 g/mol. The highest BCUT2D eigenvalue weighted by molar-refractivity contribution is 7.89. The molecule has 3 aromatic carbocycles. The summed E-state index contributed by atoms with van der Waals surface area (Å²) in [6.07, 6.45) is 6.82. The first-order valence-electron chi connectivity index (χ1n) is 13.5. The Labute approximate surface area is 239 Å². The molecule has 4 aromatic rings. The Morgan fingerprint density at radius 1 is 1.10 bits per heavy atom. The van der Waals surface area contributed by atoms with Crippen molar-refractivity contribution < 1.29 is 13.2 Å². The van der Waals surface area contributed by atoms with Gasteiger partial charge in [-0.05, 0) is 84.7 Å². The number of fused-ring (bicyclic) bond motifs is 1. The Bertz CT molecular complexity index is 1640. The zero-order valence-corrected chi connectivity index (χ0v) is 23.8. The van der Waals surface area contributed by atoms with Crippen molar-refractivity contribution in [3.05, 3.63) is 113 Å². The minimum absolute atomic E-state index is 0.0418. The molecule has 1 amide bonds. The third kappa shape index (κ3) is 5.44. The highest BCUT2D eigenvalue weighted by Crippen LogP contribution is 2.49. The molecule has 206 valence electrons. The number of imidazole rings is 1.